The van der Waals surface area contributed by atoms with Crippen molar-refractivity contribution in [1.29, 1.82) is 0 Å². The second-order valence-electron chi connectivity index (χ2n) is 7.68. The summed E-state index contributed by atoms with van der Waals surface area (Å²) >= 11 is 0. The van der Waals surface area contributed by atoms with E-state index >= 15 is 0 Å². The maximum absolute atomic E-state index is 12.3. The minimum Gasteiger partial charge on any atom is -0.351 e. The fraction of sp³-hybridized carbons (Fsp3) is 0.250. The molecule has 4 rings (SSSR count). The van der Waals surface area contributed by atoms with Crippen molar-refractivity contribution in [2.75, 3.05) is 25.4 Å². The van der Waals surface area contributed by atoms with Gasteiger partial charge < -0.3 is 5.32 Å². The summed E-state index contributed by atoms with van der Waals surface area (Å²) in [6.07, 6.45) is 5.79. The molecule has 2 aromatic carbocycles. The van der Waals surface area contributed by atoms with Gasteiger partial charge in [0.25, 0.3) is 0 Å². The van der Waals surface area contributed by atoms with Crippen LogP contribution in [0.1, 0.15) is 17.5 Å². The maximum Gasteiger partial charge on any atom is 0.244 e. The number of nitrogens with one attached hydrogen (secondary N) is 1. The molecule has 1 amide bonds. The van der Waals surface area contributed by atoms with Gasteiger partial charge in [0.1, 0.15) is 0 Å². The van der Waals surface area contributed by atoms with E-state index in [0.717, 1.165) is 22.4 Å². The number of amides is 1. The first-order valence-electron chi connectivity index (χ1n) is 10.6. The van der Waals surface area contributed by atoms with E-state index in [1.807, 2.05) is 71.5 Å². The van der Waals surface area contributed by atoms with Crippen LogP contribution in [-0.2, 0) is 21.4 Å². The summed E-state index contributed by atoms with van der Waals surface area (Å²) < 4.78 is 27.0. The first-order valence-corrected chi connectivity index (χ1v) is 12.2. The zero-order chi connectivity index (χ0) is 22.4. The van der Waals surface area contributed by atoms with Crippen molar-refractivity contribution >= 4 is 22.0 Å². The van der Waals surface area contributed by atoms with Crippen LogP contribution < -0.4 is 5.32 Å². The van der Waals surface area contributed by atoms with Gasteiger partial charge in [-0.1, -0.05) is 60.7 Å². The lowest BCUT2D eigenvalue weighted by Gasteiger charge is -2.13. The summed E-state index contributed by atoms with van der Waals surface area (Å²) in [6, 6.07) is 19.9. The van der Waals surface area contributed by atoms with Crippen molar-refractivity contribution < 1.29 is 13.2 Å². The Morgan fingerprint density at radius 2 is 1.78 bits per heavy atom. The normalized spacial score (nSPS) is 15.9. The van der Waals surface area contributed by atoms with Crippen LogP contribution in [0.15, 0.2) is 72.9 Å². The van der Waals surface area contributed by atoms with Gasteiger partial charge in [-0.25, -0.2) is 12.7 Å². The van der Waals surface area contributed by atoms with E-state index < -0.39 is 10.0 Å². The molecule has 32 heavy (non-hydrogen) atoms. The number of carbonyl (C=O) groups is 1. The Hall–Kier alpha value is -3.23. The van der Waals surface area contributed by atoms with E-state index in [0.29, 0.717) is 26.1 Å². The molecule has 0 aliphatic carbocycles. The second kappa shape index (κ2) is 9.93. The average molecular weight is 451 g/mol. The van der Waals surface area contributed by atoms with Crippen molar-refractivity contribution in [3.05, 3.63) is 84.1 Å². The van der Waals surface area contributed by atoms with E-state index in [1.165, 1.54) is 10.4 Å². The lowest BCUT2D eigenvalue weighted by Crippen LogP contribution is -2.35. The number of hydrogen-bond donors (Lipinski definition) is 1. The van der Waals surface area contributed by atoms with Gasteiger partial charge in [0, 0.05) is 43.0 Å². The van der Waals surface area contributed by atoms with E-state index in [1.54, 1.807) is 6.08 Å². The van der Waals surface area contributed by atoms with Crippen LogP contribution >= 0.6 is 0 Å². The Morgan fingerprint density at radius 1 is 1.06 bits per heavy atom. The van der Waals surface area contributed by atoms with Crippen LogP contribution in [0, 0.1) is 0 Å². The molecule has 8 heteroatoms. The lowest BCUT2D eigenvalue weighted by atomic mass is 10.1. The SMILES string of the molecule is O=C(/C=C/c1cn(Cc2ccccc2)nc1-c1ccccc1)NCCN1CCCS1(=O)=O. The first kappa shape index (κ1) is 22.0. The van der Waals surface area contributed by atoms with Gasteiger partial charge in [0.05, 0.1) is 18.0 Å². The summed E-state index contributed by atoms with van der Waals surface area (Å²) in [5.41, 5.74) is 3.75. The third-order valence-corrected chi connectivity index (χ3v) is 7.26. The molecule has 0 bridgehead atoms. The minimum atomic E-state index is -3.15. The van der Waals surface area contributed by atoms with E-state index in [-0.39, 0.29) is 18.2 Å². The number of rotatable bonds is 8. The molecular formula is C24H26N4O3S. The van der Waals surface area contributed by atoms with Crippen molar-refractivity contribution in [1.82, 2.24) is 19.4 Å². The summed E-state index contributed by atoms with van der Waals surface area (Å²) in [6.45, 7) is 1.73. The number of benzene rings is 2. The highest BCUT2D eigenvalue weighted by atomic mass is 32.2. The molecule has 0 unspecified atom stereocenters. The Balaban J connectivity index is 1.45. The summed E-state index contributed by atoms with van der Waals surface area (Å²) in [5, 5.41) is 7.51. The van der Waals surface area contributed by atoms with Crippen LogP contribution in [-0.4, -0.2) is 53.8 Å². The zero-order valence-electron chi connectivity index (χ0n) is 17.7. The van der Waals surface area contributed by atoms with Gasteiger partial charge in [-0.2, -0.15) is 5.10 Å². The molecule has 0 radical (unpaired) electrons. The van der Waals surface area contributed by atoms with Crippen molar-refractivity contribution in [3.8, 4) is 11.3 Å². The van der Waals surface area contributed by atoms with E-state index in [4.69, 9.17) is 5.10 Å². The molecule has 1 saturated heterocycles. The largest absolute Gasteiger partial charge is 0.351 e. The number of aromatic nitrogens is 2. The van der Waals surface area contributed by atoms with Gasteiger partial charge in [0.2, 0.25) is 15.9 Å². The van der Waals surface area contributed by atoms with Gasteiger partial charge >= 0.3 is 0 Å². The molecule has 1 fully saturated rings. The van der Waals surface area contributed by atoms with Crippen LogP contribution in [0.3, 0.4) is 0 Å². The van der Waals surface area contributed by atoms with Crippen LogP contribution in [0.4, 0.5) is 0 Å². The third-order valence-electron chi connectivity index (χ3n) is 5.30. The smallest absolute Gasteiger partial charge is 0.244 e. The number of carbonyl (C=O) groups excluding carboxylic acids is 1. The summed E-state index contributed by atoms with van der Waals surface area (Å²) in [7, 11) is -3.15. The topological polar surface area (TPSA) is 84.3 Å². The standard InChI is InChI=1S/C24H26N4O3S/c29-23(25-14-16-28-15-7-17-32(28,30)31)13-12-22-19-27(18-20-8-3-1-4-9-20)26-24(22)21-10-5-2-6-11-21/h1-6,8-13,19H,7,14-18H2,(H,25,29)/b13-12+. The predicted molar refractivity (Wildman–Crippen MR) is 125 cm³/mol. The minimum absolute atomic E-state index is 0.191. The highest BCUT2D eigenvalue weighted by Crippen LogP contribution is 2.23. The van der Waals surface area contributed by atoms with Gasteiger partial charge in [-0.3, -0.25) is 9.48 Å². The van der Waals surface area contributed by atoms with Crippen LogP contribution in [0.2, 0.25) is 0 Å². The summed E-state index contributed by atoms with van der Waals surface area (Å²) in [4.78, 5) is 12.3. The number of hydrogen-bond acceptors (Lipinski definition) is 4. The van der Waals surface area contributed by atoms with Gasteiger partial charge in [0.15, 0.2) is 0 Å². The molecule has 1 aliphatic heterocycles. The van der Waals surface area contributed by atoms with Gasteiger partial charge in [-0.05, 0) is 18.1 Å². The van der Waals surface area contributed by atoms with Crippen molar-refractivity contribution in [3.63, 3.8) is 0 Å². The lowest BCUT2D eigenvalue weighted by molar-refractivity contribution is -0.116. The van der Waals surface area contributed by atoms with Crippen LogP contribution in [0.5, 0.6) is 0 Å². The average Bonchev–Trinajstić information content (AvgIpc) is 3.35. The van der Waals surface area contributed by atoms with E-state index in [9.17, 15) is 13.2 Å². The Labute approximate surface area is 188 Å². The number of sulfonamides is 1. The Morgan fingerprint density at radius 3 is 2.47 bits per heavy atom. The molecule has 3 aromatic rings. The Bertz CT molecular complexity index is 1190. The molecule has 1 aliphatic rings. The molecule has 0 saturated carbocycles. The Kier molecular flexibility index (Phi) is 6.82. The molecular weight excluding hydrogens is 424 g/mol. The third kappa shape index (κ3) is 5.52. The fourth-order valence-electron chi connectivity index (χ4n) is 3.70. The highest BCUT2D eigenvalue weighted by Gasteiger charge is 2.27. The predicted octanol–water partition coefficient (Wildman–Crippen LogP) is 2.76. The maximum atomic E-state index is 12.3. The summed E-state index contributed by atoms with van der Waals surface area (Å²) in [5.74, 6) is -0.0766. The fourth-order valence-corrected chi connectivity index (χ4v) is 5.23. The molecule has 0 atom stereocenters. The molecule has 1 aromatic heterocycles. The molecule has 166 valence electrons. The molecule has 1 N–H and O–H groups in total. The monoisotopic (exact) mass is 450 g/mol. The second-order valence-corrected chi connectivity index (χ2v) is 9.76. The highest BCUT2D eigenvalue weighted by molar-refractivity contribution is 7.89. The molecule has 2 heterocycles. The number of nitrogens with zero attached hydrogens (tertiary/aromatic N) is 3. The molecule has 0 spiro atoms. The van der Waals surface area contributed by atoms with Crippen LogP contribution in [0.25, 0.3) is 17.3 Å². The van der Waals surface area contributed by atoms with Crippen molar-refractivity contribution in [2.45, 2.75) is 13.0 Å². The van der Waals surface area contributed by atoms with Crippen molar-refractivity contribution in [2.24, 2.45) is 0 Å². The quantitative estimate of drug-likeness (QED) is 0.535. The molecule has 7 nitrogen and oxygen atoms in total. The zero-order valence-corrected chi connectivity index (χ0v) is 18.5. The van der Waals surface area contributed by atoms with E-state index in [2.05, 4.69) is 5.32 Å². The first-order chi connectivity index (χ1) is 15.5. The van der Waals surface area contributed by atoms with Gasteiger partial charge in [-0.15, -0.1) is 0 Å².